The SMILES string of the molecule is COc1cc(/C=C/c2onc(C)c2[N+](=O)[O-])cc(Br)c1OCc1ccccn1. The van der Waals surface area contributed by atoms with Gasteiger partial charge in [-0.3, -0.25) is 15.1 Å². The quantitative estimate of drug-likeness (QED) is 0.379. The number of hydrogen-bond donors (Lipinski definition) is 0. The molecule has 0 saturated carbocycles. The van der Waals surface area contributed by atoms with E-state index in [9.17, 15) is 10.1 Å². The van der Waals surface area contributed by atoms with Gasteiger partial charge < -0.3 is 14.0 Å². The first-order chi connectivity index (χ1) is 13.5. The van der Waals surface area contributed by atoms with E-state index < -0.39 is 4.92 Å². The molecule has 1 aromatic carbocycles. The maximum Gasteiger partial charge on any atom is 0.338 e. The molecule has 3 rings (SSSR count). The van der Waals surface area contributed by atoms with E-state index in [0.29, 0.717) is 16.0 Å². The molecule has 0 amide bonds. The standard InChI is InChI=1S/C19H16BrN3O5/c1-12-18(23(24)25)16(28-22-12)7-6-13-9-15(20)19(17(10-13)26-2)27-11-14-5-3-4-8-21-14/h3-10H,11H2,1-2H3/b7-6+. The van der Waals surface area contributed by atoms with E-state index in [2.05, 4.69) is 26.1 Å². The van der Waals surface area contributed by atoms with Gasteiger partial charge in [0, 0.05) is 6.20 Å². The van der Waals surface area contributed by atoms with Crippen molar-refractivity contribution in [1.29, 1.82) is 0 Å². The van der Waals surface area contributed by atoms with Crippen LogP contribution >= 0.6 is 15.9 Å². The third-order valence-corrected chi connectivity index (χ3v) is 4.40. The Labute approximate surface area is 169 Å². The number of nitro groups is 1. The lowest BCUT2D eigenvalue weighted by Crippen LogP contribution is -2.00. The van der Waals surface area contributed by atoms with Crippen LogP contribution in [0.3, 0.4) is 0 Å². The Morgan fingerprint density at radius 2 is 2.14 bits per heavy atom. The van der Waals surface area contributed by atoms with E-state index in [0.717, 1.165) is 11.3 Å². The average Bonchev–Trinajstić information content (AvgIpc) is 3.06. The van der Waals surface area contributed by atoms with E-state index in [1.165, 1.54) is 20.1 Å². The van der Waals surface area contributed by atoms with Crippen LogP contribution in [0.5, 0.6) is 11.5 Å². The van der Waals surface area contributed by atoms with Crippen LogP contribution in [0.2, 0.25) is 0 Å². The summed E-state index contributed by atoms with van der Waals surface area (Å²) in [6.45, 7) is 1.81. The Bertz CT molecular complexity index is 1020. The molecule has 0 aliphatic rings. The maximum atomic E-state index is 11.1. The molecule has 0 N–H and O–H groups in total. The molecule has 0 aliphatic carbocycles. The summed E-state index contributed by atoms with van der Waals surface area (Å²) in [5.41, 5.74) is 1.59. The summed E-state index contributed by atoms with van der Waals surface area (Å²) in [5, 5.41) is 14.8. The molecule has 0 spiro atoms. The topological polar surface area (TPSA) is 101 Å². The molecule has 0 atom stereocenters. The van der Waals surface area contributed by atoms with Crippen LogP contribution in [0.4, 0.5) is 5.69 Å². The zero-order valence-electron chi connectivity index (χ0n) is 15.1. The van der Waals surface area contributed by atoms with Crippen LogP contribution in [0, 0.1) is 17.0 Å². The van der Waals surface area contributed by atoms with Crippen molar-refractivity contribution in [2.75, 3.05) is 7.11 Å². The zero-order valence-corrected chi connectivity index (χ0v) is 16.7. The van der Waals surface area contributed by atoms with Crippen molar-refractivity contribution >= 4 is 33.8 Å². The lowest BCUT2D eigenvalue weighted by atomic mass is 10.1. The van der Waals surface area contributed by atoms with Crippen molar-refractivity contribution in [3.8, 4) is 11.5 Å². The number of pyridine rings is 1. The minimum absolute atomic E-state index is 0.0769. The number of benzene rings is 1. The van der Waals surface area contributed by atoms with Crippen molar-refractivity contribution in [3.63, 3.8) is 0 Å². The number of rotatable bonds is 7. The first-order valence-corrected chi connectivity index (χ1v) is 8.98. The molecule has 2 aromatic heterocycles. The normalized spacial score (nSPS) is 11.0. The molecule has 0 fully saturated rings. The fourth-order valence-corrected chi connectivity index (χ4v) is 3.07. The van der Waals surface area contributed by atoms with Crippen LogP contribution in [-0.4, -0.2) is 22.2 Å². The van der Waals surface area contributed by atoms with Crippen molar-refractivity contribution in [1.82, 2.24) is 10.1 Å². The van der Waals surface area contributed by atoms with E-state index in [4.69, 9.17) is 14.0 Å². The fraction of sp³-hybridized carbons (Fsp3) is 0.158. The number of halogens is 1. The smallest absolute Gasteiger partial charge is 0.338 e. The Balaban J connectivity index is 1.84. The third kappa shape index (κ3) is 4.37. The molecule has 8 nitrogen and oxygen atoms in total. The minimum atomic E-state index is -0.517. The summed E-state index contributed by atoms with van der Waals surface area (Å²) in [6, 6.07) is 9.15. The van der Waals surface area contributed by atoms with Gasteiger partial charge in [0.15, 0.2) is 17.2 Å². The van der Waals surface area contributed by atoms with Gasteiger partial charge in [0.2, 0.25) is 5.76 Å². The number of nitrogens with zero attached hydrogens (tertiary/aromatic N) is 3. The van der Waals surface area contributed by atoms with Gasteiger partial charge in [-0.15, -0.1) is 0 Å². The van der Waals surface area contributed by atoms with Gasteiger partial charge in [0.1, 0.15) is 6.61 Å². The van der Waals surface area contributed by atoms with Gasteiger partial charge in [0.25, 0.3) is 0 Å². The van der Waals surface area contributed by atoms with Gasteiger partial charge in [-0.05, 0) is 58.8 Å². The Kier molecular flexibility index (Phi) is 6.05. The summed E-state index contributed by atoms with van der Waals surface area (Å²) in [7, 11) is 1.54. The van der Waals surface area contributed by atoms with Gasteiger partial charge in [-0.25, -0.2) is 0 Å². The molecular weight excluding hydrogens is 430 g/mol. The molecule has 0 radical (unpaired) electrons. The van der Waals surface area contributed by atoms with Crippen LogP contribution in [0.15, 0.2) is 45.5 Å². The van der Waals surface area contributed by atoms with Crippen molar-refractivity contribution in [2.45, 2.75) is 13.5 Å². The van der Waals surface area contributed by atoms with Crippen molar-refractivity contribution < 1.29 is 18.9 Å². The summed E-state index contributed by atoms with van der Waals surface area (Å²) < 4.78 is 17.0. The Morgan fingerprint density at radius 1 is 1.32 bits per heavy atom. The highest BCUT2D eigenvalue weighted by Gasteiger charge is 2.22. The highest BCUT2D eigenvalue weighted by molar-refractivity contribution is 9.10. The molecule has 2 heterocycles. The molecule has 3 aromatic rings. The number of ether oxygens (including phenoxy) is 2. The van der Waals surface area contributed by atoms with Crippen LogP contribution in [0.25, 0.3) is 12.2 Å². The lowest BCUT2D eigenvalue weighted by Gasteiger charge is -2.13. The van der Waals surface area contributed by atoms with E-state index in [1.807, 2.05) is 24.3 Å². The molecular formula is C19H16BrN3O5. The van der Waals surface area contributed by atoms with E-state index >= 15 is 0 Å². The summed E-state index contributed by atoms with van der Waals surface area (Å²) in [6.07, 6.45) is 4.86. The third-order valence-electron chi connectivity index (χ3n) is 3.81. The molecule has 28 heavy (non-hydrogen) atoms. The summed E-state index contributed by atoms with van der Waals surface area (Å²) in [4.78, 5) is 14.8. The van der Waals surface area contributed by atoms with Crippen LogP contribution < -0.4 is 9.47 Å². The van der Waals surface area contributed by atoms with Crippen LogP contribution in [-0.2, 0) is 6.61 Å². The van der Waals surface area contributed by atoms with Crippen molar-refractivity contribution in [2.24, 2.45) is 0 Å². The summed E-state index contributed by atoms with van der Waals surface area (Å²) in [5.74, 6) is 1.12. The molecule has 0 unspecified atom stereocenters. The second-order valence-corrected chi connectivity index (χ2v) is 6.57. The van der Waals surface area contributed by atoms with E-state index in [1.54, 1.807) is 18.3 Å². The van der Waals surface area contributed by atoms with Gasteiger partial charge in [-0.1, -0.05) is 17.3 Å². The predicted molar refractivity (Wildman–Crippen MR) is 106 cm³/mol. The number of hydrogen-bond acceptors (Lipinski definition) is 7. The number of methoxy groups -OCH3 is 1. The highest BCUT2D eigenvalue weighted by atomic mass is 79.9. The largest absolute Gasteiger partial charge is 0.493 e. The average molecular weight is 446 g/mol. The molecule has 9 heteroatoms. The predicted octanol–water partition coefficient (Wildman–Crippen LogP) is 4.81. The van der Waals surface area contributed by atoms with Crippen molar-refractivity contribution in [3.05, 3.63) is 73.8 Å². The zero-order chi connectivity index (χ0) is 20.1. The van der Waals surface area contributed by atoms with E-state index in [-0.39, 0.29) is 23.7 Å². The number of aromatic nitrogens is 2. The second kappa shape index (κ2) is 8.66. The van der Waals surface area contributed by atoms with Crippen LogP contribution in [0.1, 0.15) is 22.7 Å². The molecule has 0 saturated heterocycles. The number of aryl methyl sites for hydroxylation is 1. The first kappa shape index (κ1) is 19.6. The highest BCUT2D eigenvalue weighted by Crippen LogP contribution is 2.38. The lowest BCUT2D eigenvalue weighted by molar-refractivity contribution is -0.386. The minimum Gasteiger partial charge on any atom is -0.493 e. The van der Waals surface area contributed by atoms with Gasteiger partial charge in [-0.2, -0.15) is 0 Å². The van der Waals surface area contributed by atoms with Gasteiger partial charge in [0.05, 0.1) is 22.2 Å². The fourth-order valence-electron chi connectivity index (χ4n) is 2.49. The summed E-state index contributed by atoms with van der Waals surface area (Å²) >= 11 is 3.48. The van der Waals surface area contributed by atoms with Gasteiger partial charge >= 0.3 is 5.69 Å². The first-order valence-electron chi connectivity index (χ1n) is 8.18. The molecule has 0 aliphatic heterocycles. The Hall–Kier alpha value is -3.20. The monoisotopic (exact) mass is 445 g/mol. The maximum absolute atomic E-state index is 11.1. The second-order valence-electron chi connectivity index (χ2n) is 5.72. The molecule has 144 valence electrons. The molecule has 0 bridgehead atoms. The Morgan fingerprint density at radius 3 is 2.82 bits per heavy atom.